The second kappa shape index (κ2) is 5.22. The lowest BCUT2D eigenvalue weighted by Gasteiger charge is -2.29. The van der Waals surface area contributed by atoms with E-state index in [1.54, 1.807) is 18.2 Å². The quantitative estimate of drug-likeness (QED) is 0.818. The maximum Gasteiger partial charge on any atom is 0.308 e. The van der Waals surface area contributed by atoms with E-state index in [1.807, 2.05) is 13.0 Å². The van der Waals surface area contributed by atoms with Gasteiger partial charge in [0.25, 0.3) is 5.91 Å². The van der Waals surface area contributed by atoms with Gasteiger partial charge >= 0.3 is 5.97 Å². The normalized spacial score (nSPS) is 19.3. The van der Waals surface area contributed by atoms with Crippen molar-refractivity contribution < 1.29 is 19.5 Å². The number of likely N-dealkylation sites (tertiary alicyclic amines) is 1. The molecule has 0 spiro atoms. The number of amides is 2. The van der Waals surface area contributed by atoms with Crippen LogP contribution in [0.2, 0.25) is 0 Å². The molecule has 1 N–H and O–H groups in total. The highest BCUT2D eigenvalue weighted by atomic mass is 16.4. The minimum Gasteiger partial charge on any atom is -0.481 e. The second-order valence-corrected chi connectivity index (χ2v) is 4.75. The minimum atomic E-state index is -0.963. The van der Waals surface area contributed by atoms with Crippen molar-refractivity contribution in [1.29, 1.82) is 0 Å². The smallest absolute Gasteiger partial charge is 0.308 e. The van der Waals surface area contributed by atoms with Crippen molar-refractivity contribution in [3.63, 3.8) is 0 Å². The molecule has 1 atom stereocenters. The Labute approximate surface area is 110 Å². The summed E-state index contributed by atoms with van der Waals surface area (Å²) in [6.07, 6.45) is 0.403. The van der Waals surface area contributed by atoms with E-state index in [-0.39, 0.29) is 18.9 Å². The van der Waals surface area contributed by atoms with Crippen molar-refractivity contribution in [2.45, 2.75) is 19.8 Å². The van der Waals surface area contributed by atoms with E-state index in [1.165, 1.54) is 0 Å². The lowest BCUT2D eigenvalue weighted by molar-refractivity contribution is -0.145. The number of rotatable bonds is 2. The SMILES string of the molecule is Cc1cccc(C(=O)N2CC(C(=O)O)CCC2=O)c1. The molecule has 1 fully saturated rings. The topological polar surface area (TPSA) is 74.7 Å². The van der Waals surface area contributed by atoms with Crippen molar-refractivity contribution >= 4 is 17.8 Å². The summed E-state index contributed by atoms with van der Waals surface area (Å²) in [5.74, 6) is -2.34. The van der Waals surface area contributed by atoms with Crippen LogP contribution in [0.15, 0.2) is 24.3 Å². The van der Waals surface area contributed by atoms with E-state index < -0.39 is 17.8 Å². The highest BCUT2D eigenvalue weighted by Crippen LogP contribution is 2.20. The molecule has 1 saturated heterocycles. The van der Waals surface area contributed by atoms with Crippen molar-refractivity contribution in [3.05, 3.63) is 35.4 Å². The van der Waals surface area contributed by atoms with Gasteiger partial charge in [0.2, 0.25) is 5.91 Å². The fourth-order valence-electron chi connectivity index (χ4n) is 2.18. The molecule has 0 aromatic heterocycles. The largest absolute Gasteiger partial charge is 0.481 e. The number of aliphatic carboxylic acids is 1. The van der Waals surface area contributed by atoms with Crippen LogP contribution in [0.4, 0.5) is 0 Å². The molecule has 0 saturated carbocycles. The number of carboxylic acid groups (broad SMARTS) is 1. The van der Waals surface area contributed by atoms with Gasteiger partial charge in [0.05, 0.1) is 5.92 Å². The van der Waals surface area contributed by atoms with Crippen molar-refractivity contribution in [3.8, 4) is 0 Å². The van der Waals surface area contributed by atoms with Gasteiger partial charge in [0.1, 0.15) is 0 Å². The minimum absolute atomic E-state index is 0.0407. The van der Waals surface area contributed by atoms with Gasteiger partial charge in [-0.25, -0.2) is 0 Å². The summed E-state index contributed by atoms with van der Waals surface area (Å²) in [5, 5.41) is 8.99. The second-order valence-electron chi connectivity index (χ2n) is 4.75. The molecule has 1 aliphatic rings. The first-order valence-corrected chi connectivity index (χ1v) is 6.13. The van der Waals surface area contributed by atoms with Gasteiger partial charge < -0.3 is 5.11 Å². The fraction of sp³-hybridized carbons (Fsp3) is 0.357. The van der Waals surface area contributed by atoms with Crippen LogP contribution in [0.1, 0.15) is 28.8 Å². The first-order valence-electron chi connectivity index (χ1n) is 6.13. The standard InChI is InChI=1S/C14H15NO4/c1-9-3-2-4-10(7-9)13(17)15-8-11(14(18)19)5-6-12(15)16/h2-4,7,11H,5-6,8H2,1H3,(H,18,19). The van der Waals surface area contributed by atoms with Crippen LogP contribution in [-0.2, 0) is 9.59 Å². The van der Waals surface area contributed by atoms with Crippen LogP contribution in [-0.4, -0.2) is 34.3 Å². The summed E-state index contributed by atoms with van der Waals surface area (Å²) in [7, 11) is 0. The average molecular weight is 261 g/mol. The molecule has 1 unspecified atom stereocenters. The van der Waals surface area contributed by atoms with Gasteiger partial charge in [0.15, 0.2) is 0 Å². The van der Waals surface area contributed by atoms with E-state index in [0.717, 1.165) is 10.5 Å². The van der Waals surface area contributed by atoms with Crippen LogP contribution >= 0.6 is 0 Å². The summed E-state index contributed by atoms with van der Waals surface area (Å²) < 4.78 is 0. The number of nitrogens with zero attached hydrogens (tertiary/aromatic N) is 1. The van der Waals surface area contributed by atoms with Crippen LogP contribution in [0, 0.1) is 12.8 Å². The Hall–Kier alpha value is -2.17. The van der Waals surface area contributed by atoms with Crippen LogP contribution in [0.3, 0.4) is 0 Å². The molecule has 1 aromatic rings. The Kier molecular flexibility index (Phi) is 3.64. The number of hydrogen-bond acceptors (Lipinski definition) is 3. The summed E-state index contributed by atoms with van der Waals surface area (Å²) in [4.78, 5) is 36.0. The fourth-order valence-corrected chi connectivity index (χ4v) is 2.18. The number of aryl methyl sites for hydroxylation is 1. The molecule has 1 heterocycles. The van der Waals surface area contributed by atoms with Gasteiger partial charge in [-0.3, -0.25) is 19.3 Å². The molecule has 5 heteroatoms. The number of carbonyl (C=O) groups is 3. The molecule has 19 heavy (non-hydrogen) atoms. The van der Waals surface area contributed by atoms with E-state index in [0.29, 0.717) is 12.0 Å². The van der Waals surface area contributed by atoms with Gasteiger partial charge in [-0.1, -0.05) is 17.7 Å². The molecule has 5 nitrogen and oxygen atoms in total. The van der Waals surface area contributed by atoms with Crippen molar-refractivity contribution in [2.24, 2.45) is 5.92 Å². The Balaban J connectivity index is 2.21. The van der Waals surface area contributed by atoms with E-state index >= 15 is 0 Å². The summed E-state index contributed by atoms with van der Waals surface area (Å²) in [5.41, 5.74) is 1.34. The van der Waals surface area contributed by atoms with Gasteiger partial charge in [-0.05, 0) is 25.5 Å². The van der Waals surface area contributed by atoms with E-state index in [2.05, 4.69) is 0 Å². The Morgan fingerprint density at radius 2 is 2.11 bits per heavy atom. The molecule has 0 radical (unpaired) electrons. The van der Waals surface area contributed by atoms with Gasteiger partial charge in [0, 0.05) is 18.5 Å². The van der Waals surface area contributed by atoms with E-state index in [9.17, 15) is 14.4 Å². The third-order valence-electron chi connectivity index (χ3n) is 3.27. The molecule has 0 bridgehead atoms. The molecular weight excluding hydrogens is 246 g/mol. The number of piperidine rings is 1. The molecule has 1 aliphatic heterocycles. The van der Waals surface area contributed by atoms with Crippen LogP contribution in [0.5, 0.6) is 0 Å². The summed E-state index contributed by atoms with van der Waals surface area (Å²) in [6.45, 7) is 1.82. The molecule has 2 amide bonds. The maximum atomic E-state index is 12.2. The van der Waals surface area contributed by atoms with Crippen molar-refractivity contribution in [1.82, 2.24) is 4.90 Å². The van der Waals surface area contributed by atoms with E-state index in [4.69, 9.17) is 5.11 Å². The Bertz CT molecular complexity index is 538. The van der Waals surface area contributed by atoms with Crippen molar-refractivity contribution in [2.75, 3.05) is 6.54 Å². The summed E-state index contributed by atoms with van der Waals surface area (Å²) >= 11 is 0. The molecular formula is C14H15NO4. The molecule has 1 aromatic carbocycles. The van der Waals surface area contributed by atoms with Crippen LogP contribution in [0.25, 0.3) is 0 Å². The summed E-state index contributed by atoms with van der Waals surface area (Å²) in [6, 6.07) is 6.92. The molecule has 2 rings (SSSR count). The zero-order valence-corrected chi connectivity index (χ0v) is 10.6. The lowest BCUT2D eigenvalue weighted by Crippen LogP contribution is -2.45. The third kappa shape index (κ3) is 2.81. The third-order valence-corrected chi connectivity index (χ3v) is 3.27. The first-order chi connectivity index (χ1) is 8.99. The van der Waals surface area contributed by atoms with Gasteiger partial charge in [-0.15, -0.1) is 0 Å². The number of carboxylic acids is 1. The monoisotopic (exact) mass is 261 g/mol. The number of benzene rings is 1. The highest BCUT2D eigenvalue weighted by Gasteiger charge is 2.33. The Morgan fingerprint density at radius 3 is 2.74 bits per heavy atom. The predicted molar refractivity (Wildman–Crippen MR) is 67.6 cm³/mol. The highest BCUT2D eigenvalue weighted by molar-refractivity contribution is 6.05. The Morgan fingerprint density at radius 1 is 1.37 bits per heavy atom. The lowest BCUT2D eigenvalue weighted by atomic mass is 9.97. The number of imide groups is 1. The zero-order valence-electron chi connectivity index (χ0n) is 10.6. The van der Waals surface area contributed by atoms with Crippen LogP contribution < -0.4 is 0 Å². The number of carbonyl (C=O) groups excluding carboxylic acids is 2. The molecule has 0 aliphatic carbocycles. The average Bonchev–Trinajstić information content (AvgIpc) is 2.38. The van der Waals surface area contributed by atoms with Gasteiger partial charge in [-0.2, -0.15) is 0 Å². The predicted octanol–water partition coefficient (Wildman–Crippen LogP) is 1.46. The molecule has 100 valence electrons. The maximum absolute atomic E-state index is 12.2. The zero-order chi connectivity index (χ0) is 14.0. The number of hydrogen-bond donors (Lipinski definition) is 1. The first kappa shape index (κ1) is 13.3.